The average Bonchev–Trinajstić information content (AvgIpc) is 2.78. The van der Waals surface area contributed by atoms with Crippen molar-refractivity contribution in [1.82, 2.24) is 0 Å². The second-order valence-corrected chi connectivity index (χ2v) is 8.90. The first-order chi connectivity index (χ1) is 14.9. The fourth-order valence-electron chi connectivity index (χ4n) is 4.84. The molecular weight excluding hydrogens is 398 g/mol. The molecule has 0 saturated heterocycles. The number of fused-ring (bicyclic) bond motifs is 1. The van der Waals surface area contributed by atoms with E-state index in [1.165, 1.54) is 12.5 Å². The summed E-state index contributed by atoms with van der Waals surface area (Å²) in [6.45, 7) is 4.15. The third-order valence-corrected chi connectivity index (χ3v) is 6.80. The Morgan fingerprint density at radius 1 is 1.06 bits per heavy atom. The van der Waals surface area contributed by atoms with Gasteiger partial charge in [0.05, 0.1) is 12.0 Å². The van der Waals surface area contributed by atoms with Gasteiger partial charge in [-0.3, -0.25) is 0 Å². The van der Waals surface area contributed by atoms with Crippen molar-refractivity contribution in [2.75, 3.05) is 0 Å². The van der Waals surface area contributed by atoms with E-state index in [0.29, 0.717) is 36.5 Å². The van der Waals surface area contributed by atoms with Crippen molar-refractivity contribution in [3.8, 4) is 23.6 Å². The van der Waals surface area contributed by atoms with Gasteiger partial charge in [-0.2, -0.15) is 19.3 Å². The molecule has 0 radical (unpaired) electrons. The first kappa shape index (κ1) is 23.3. The molecule has 1 aromatic carbocycles. The maximum Gasteiger partial charge on any atom is 0.400 e. The lowest BCUT2D eigenvalue weighted by molar-refractivity contribution is -0.223. The predicted molar refractivity (Wildman–Crippen MR) is 114 cm³/mol. The van der Waals surface area contributed by atoms with Crippen LogP contribution in [0.15, 0.2) is 6.07 Å². The maximum atomic E-state index is 15.1. The molecule has 2 aliphatic rings. The van der Waals surface area contributed by atoms with E-state index in [9.17, 15) is 10.5 Å². The summed E-state index contributed by atoms with van der Waals surface area (Å²) in [5, 5.41) is 19.2. The molecule has 0 spiro atoms. The Labute approximate surface area is 184 Å². The van der Waals surface area contributed by atoms with Crippen LogP contribution in [0.25, 0.3) is 0 Å². The molecule has 0 N–H and O–H groups in total. The number of ether oxygens (including phenoxy) is 2. The SMILES string of the molecule is CCCCCC1CCC(C(F)(F)Oc2cc3c(c(C#N)c2C#N)OC(CC)CC3)CC1. The van der Waals surface area contributed by atoms with E-state index in [0.717, 1.165) is 44.9 Å². The average molecular weight is 431 g/mol. The second kappa shape index (κ2) is 10.3. The van der Waals surface area contributed by atoms with Gasteiger partial charge in [0.15, 0.2) is 0 Å². The quantitative estimate of drug-likeness (QED) is 0.421. The van der Waals surface area contributed by atoms with Crippen LogP contribution < -0.4 is 9.47 Å². The van der Waals surface area contributed by atoms with E-state index in [-0.39, 0.29) is 23.0 Å². The second-order valence-electron chi connectivity index (χ2n) is 8.90. The minimum absolute atomic E-state index is 0.00332. The van der Waals surface area contributed by atoms with Gasteiger partial charge in [-0.15, -0.1) is 0 Å². The highest BCUT2D eigenvalue weighted by Gasteiger charge is 2.44. The van der Waals surface area contributed by atoms with E-state index in [1.807, 2.05) is 19.1 Å². The zero-order chi connectivity index (χ0) is 22.4. The van der Waals surface area contributed by atoms with Gasteiger partial charge in [-0.25, -0.2) is 0 Å². The molecule has 31 heavy (non-hydrogen) atoms. The number of alkyl halides is 2. The Kier molecular flexibility index (Phi) is 7.76. The van der Waals surface area contributed by atoms with Crippen molar-refractivity contribution in [2.45, 2.75) is 96.7 Å². The minimum atomic E-state index is -3.37. The molecule has 0 bridgehead atoms. The van der Waals surface area contributed by atoms with Crippen molar-refractivity contribution in [3.63, 3.8) is 0 Å². The summed E-state index contributed by atoms with van der Waals surface area (Å²) in [6, 6.07) is 5.36. The van der Waals surface area contributed by atoms with Crippen molar-refractivity contribution in [1.29, 1.82) is 10.5 Å². The molecule has 168 valence electrons. The Hall–Kier alpha value is -2.34. The topological polar surface area (TPSA) is 66.0 Å². The number of nitrogens with zero attached hydrogens (tertiary/aromatic N) is 2. The molecule has 3 rings (SSSR count). The number of hydrogen-bond acceptors (Lipinski definition) is 4. The van der Waals surface area contributed by atoms with Crippen LogP contribution in [0, 0.1) is 34.5 Å². The fourth-order valence-corrected chi connectivity index (χ4v) is 4.84. The number of aryl methyl sites for hydroxylation is 1. The minimum Gasteiger partial charge on any atom is -0.489 e. The van der Waals surface area contributed by atoms with Gasteiger partial charge in [0, 0.05) is 0 Å². The van der Waals surface area contributed by atoms with E-state index >= 15 is 8.78 Å². The smallest absolute Gasteiger partial charge is 0.400 e. The molecule has 1 unspecified atom stereocenters. The highest BCUT2D eigenvalue weighted by Crippen LogP contribution is 2.44. The summed E-state index contributed by atoms with van der Waals surface area (Å²) in [7, 11) is 0. The van der Waals surface area contributed by atoms with E-state index in [2.05, 4.69) is 6.92 Å². The van der Waals surface area contributed by atoms with Crippen LogP contribution in [0.3, 0.4) is 0 Å². The van der Waals surface area contributed by atoms with Crippen LogP contribution in [0.4, 0.5) is 8.78 Å². The maximum absolute atomic E-state index is 15.1. The lowest BCUT2D eigenvalue weighted by Gasteiger charge is -2.34. The van der Waals surface area contributed by atoms with Crippen molar-refractivity contribution < 1.29 is 18.3 Å². The molecule has 1 atom stereocenters. The van der Waals surface area contributed by atoms with Gasteiger partial charge >= 0.3 is 6.11 Å². The number of rotatable bonds is 8. The molecule has 4 nitrogen and oxygen atoms in total. The molecule has 1 aliphatic carbocycles. The largest absolute Gasteiger partial charge is 0.489 e. The fraction of sp³-hybridized carbons (Fsp3) is 0.680. The van der Waals surface area contributed by atoms with E-state index < -0.39 is 12.0 Å². The van der Waals surface area contributed by atoms with Crippen LogP contribution in [0.5, 0.6) is 11.5 Å². The van der Waals surface area contributed by atoms with Crippen LogP contribution in [0.1, 0.15) is 94.7 Å². The molecule has 1 fully saturated rings. The number of halogens is 2. The molecule has 0 aromatic heterocycles. The van der Waals surface area contributed by atoms with Crippen LogP contribution >= 0.6 is 0 Å². The predicted octanol–water partition coefficient (Wildman–Crippen LogP) is 6.89. The highest BCUT2D eigenvalue weighted by atomic mass is 19.3. The third-order valence-electron chi connectivity index (χ3n) is 6.80. The molecule has 1 aliphatic heterocycles. The van der Waals surface area contributed by atoms with Gasteiger partial charge in [0.1, 0.15) is 34.8 Å². The Morgan fingerprint density at radius 2 is 1.77 bits per heavy atom. The van der Waals surface area contributed by atoms with Crippen molar-refractivity contribution >= 4 is 0 Å². The van der Waals surface area contributed by atoms with Gasteiger partial charge in [-0.05, 0) is 62.5 Å². The molecular formula is C25H32F2N2O2. The lowest BCUT2D eigenvalue weighted by Crippen LogP contribution is -2.37. The zero-order valence-electron chi connectivity index (χ0n) is 18.6. The van der Waals surface area contributed by atoms with E-state index in [1.54, 1.807) is 0 Å². The standard InChI is InChI=1S/C25H32F2N2O2/c1-3-5-6-7-17-8-11-19(12-9-17)25(26,27)31-23-14-18-10-13-20(4-2)30-24(18)22(16-29)21(23)15-28/h14,17,19-20H,3-13H2,1-2H3. The number of nitriles is 2. The Morgan fingerprint density at radius 3 is 2.39 bits per heavy atom. The van der Waals surface area contributed by atoms with Crippen LogP contribution in [-0.4, -0.2) is 12.2 Å². The number of unbranched alkanes of at least 4 members (excludes halogenated alkanes) is 2. The summed E-state index contributed by atoms with van der Waals surface area (Å²) >= 11 is 0. The van der Waals surface area contributed by atoms with Gasteiger partial charge in [-0.1, -0.05) is 39.5 Å². The zero-order valence-corrected chi connectivity index (χ0v) is 18.6. The summed E-state index contributed by atoms with van der Waals surface area (Å²) in [5.41, 5.74) is 0.500. The lowest BCUT2D eigenvalue weighted by atomic mass is 9.79. The van der Waals surface area contributed by atoms with Crippen molar-refractivity contribution in [3.05, 3.63) is 22.8 Å². The van der Waals surface area contributed by atoms with Gasteiger partial charge in [0.2, 0.25) is 0 Å². The monoisotopic (exact) mass is 430 g/mol. The van der Waals surface area contributed by atoms with Gasteiger partial charge < -0.3 is 9.47 Å². The molecule has 1 heterocycles. The summed E-state index contributed by atoms with van der Waals surface area (Å²) in [4.78, 5) is 0. The molecule has 6 heteroatoms. The summed E-state index contributed by atoms with van der Waals surface area (Å²) in [5.74, 6) is -0.207. The normalized spacial score (nSPS) is 23.2. The van der Waals surface area contributed by atoms with Crippen LogP contribution in [0.2, 0.25) is 0 Å². The van der Waals surface area contributed by atoms with E-state index in [4.69, 9.17) is 9.47 Å². The number of hydrogen-bond donors (Lipinski definition) is 0. The van der Waals surface area contributed by atoms with Crippen molar-refractivity contribution in [2.24, 2.45) is 11.8 Å². The summed E-state index contributed by atoms with van der Waals surface area (Å²) in [6.07, 6.45) is 5.78. The summed E-state index contributed by atoms with van der Waals surface area (Å²) < 4.78 is 41.2. The molecule has 1 aromatic rings. The van der Waals surface area contributed by atoms with Crippen LogP contribution in [-0.2, 0) is 6.42 Å². The third kappa shape index (κ3) is 5.29. The Balaban J connectivity index is 1.76. The molecule has 1 saturated carbocycles. The first-order valence-corrected chi connectivity index (χ1v) is 11.7. The Bertz CT molecular complexity index is 849. The molecule has 0 amide bonds. The first-order valence-electron chi connectivity index (χ1n) is 11.7. The highest BCUT2D eigenvalue weighted by molar-refractivity contribution is 5.64. The van der Waals surface area contributed by atoms with Gasteiger partial charge in [0.25, 0.3) is 0 Å². The number of benzene rings is 1.